The minimum absolute atomic E-state index is 0.0619. The highest BCUT2D eigenvalue weighted by molar-refractivity contribution is 7.13. The van der Waals surface area contributed by atoms with Crippen LogP contribution in [0.3, 0.4) is 0 Å². The van der Waals surface area contributed by atoms with Gasteiger partial charge in [0.25, 0.3) is 0 Å². The monoisotopic (exact) mass is 314 g/mol. The summed E-state index contributed by atoms with van der Waals surface area (Å²) in [5, 5.41) is 12.7. The van der Waals surface area contributed by atoms with Crippen molar-refractivity contribution in [2.75, 3.05) is 11.9 Å². The first-order valence-corrected chi connectivity index (χ1v) is 8.36. The van der Waals surface area contributed by atoms with Crippen LogP contribution < -0.4 is 4.90 Å². The molecule has 0 radical (unpaired) electrons. The lowest BCUT2D eigenvalue weighted by Crippen LogP contribution is -2.19. The average Bonchev–Trinajstić information content (AvgIpc) is 3.19. The second-order valence-corrected chi connectivity index (χ2v) is 6.56. The van der Waals surface area contributed by atoms with E-state index in [1.807, 2.05) is 28.8 Å². The topological polar surface area (TPSA) is 54.2 Å². The zero-order valence-electron chi connectivity index (χ0n) is 12.4. The van der Waals surface area contributed by atoms with Gasteiger partial charge in [0, 0.05) is 18.5 Å². The highest BCUT2D eigenvalue weighted by atomic mass is 32.1. The number of anilines is 1. The molecule has 6 heteroatoms. The fourth-order valence-electron chi connectivity index (χ4n) is 2.73. The maximum absolute atomic E-state index is 9.56. The Hall–Kier alpha value is -1.92. The van der Waals surface area contributed by atoms with E-state index in [0.29, 0.717) is 18.4 Å². The van der Waals surface area contributed by atoms with Crippen molar-refractivity contribution in [2.45, 2.75) is 32.0 Å². The van der Waals surface area contributed by atoms with Gasteiger partial charge in [-0.05, 0) is 25.0 Å². The van der Waals surface area contributed by atoms with Gasteiger partial charge in [-0.2, -0.15) is 0 Å². The third-order valence-corrected chi connectivity index (χ3v) is 5.11. The van der Waals surface area contributed by atoms with E-state index in [2.05, 4.69) is 22.3 Å². The molecule has 5 nitrogen and oxygen atoms in total. The number of aliphatic hydroxyl groups is 1. The lowest BCUT2D eigenvalue weighted by molar-refractivity contribution is 0.267. The molecule has 1 aromatic carbocycles. The summed E-state index contributed by atoms with van der Waals surface area (Å²) in [6.07, 6.45) is 2.54. The molecule has 1 fully saturated rings. The molecule has 1 aliphatic carbocycles. The van der Waals surface area contributed by atoms with E-state index in [0.717, 1.165) is 21.9 Å². The van der Waals surface area contributed by atoms with Gasteiger partial charge in [0.05, 0.1) is 23.3 Å². The Morgan fingerprint density at radius 2 is 2.14 bits per heavy atom. The number of rotatable bonds is 5. The van der Waals surface area contributed by atoms with Gasteiger partial charge in [0.2, 0.25) is 0 Å². The second kappa shape index (κ2) is 5.37. The van der Waals surface area contributed by atoms with Crippen LogP contribution in [-0.4, -0.2) is 32.7 Å². The van der Waals surface area contributed by atoms with Crippen LogP contribution in [0, 0.1) is 0 Å². The normalized spacial score (nSPS) is 14.6. The van der Waals surface area contributed by atoms with Crippen LogP contribution in [0.15, 0.2) is 29.6 Å². The van der Waals surface area contributed by atoms with Crippen LogP contribution in [-0.2, 0) is 13.2 Å². The van der Waals surface area contributed by atoms with Crippen LogP contribution in [0.25, 0.3) is 11.0 Å². The Balaban J connectivity index is 1.65. The van der Waals surface area contributed by atoms with E-state index < -0.39 is 0 Å². The maximum Gasteiger partial charge on any atom is 0.185 e. The summed E-state index contributed by atoms with van der Waals surface area (Å²) < 4.78 is 2.05. The van der Waals surface area contributed by atoms with E-state index in [1.165, 1.54) is 12.8 Å². The lowest BCUT2D eigenvalue weighted by atomic mass is 10.3. The molecular formula is C16H18N4OS. The molecule has 4 rings (SSSR count). The van der Waals surface area contributed by atoms with Crippen LogP contribution in [0.4, 0.5) is 5.13 Å². The molecule has 0 spiro atoms. The number of thiazole rings is 1. The molecule has 22 heavy (non-hydrogen) atoms. The highest BCUT2D eigenvalue weighted by Crippen LogP contribution is 2.32. The van der Waals surface area contributed by atoms with Gasteiger partial charge in [-0.25, -0.2) is 9.97 Å². The molecule has 3 aromatic rings. The first-order chi connectivity index (χ1) is 10.8. The molecule has 2 aromatic heterocycles. The minimum atomic E-state index is -0.0619. The molecule has 0 saturated heterocycles. The SMILES string of the molecule is CN(c1nc(Cn2c(CO)nc3ccccc32)cs1)C1CC1. The third-order valence-electron chi connectivity index (χ3n) is 4.13. The number of hydrogen-bond donors (Lipinski definition) is 1. The van der Waals surface area contributed by atoms with Crippen molar-refractivity contribution in [1.29, 1.82) is 0 Å². The zero-order valence-corrected chi connectivity index (χ0v) is 13.3. The molecule has 0 atom stereocenters. The van der Waals surface area contributed by atoms with Crippen molar-refractivity contribution in [3.8, 4) is 0 Å². The summed E-state index contributed by atoms with van der Waals surface area (Å²) in [6.45, 7) is 0.582. The number of aliphatic hydroxyl groups excluding tert-OH is 1. The predicted molar refractivity (Wildman–Crippen MR) is 88.3 cm³/mol. The fraction of sp³-hybridized carbons (Fsp3) is 0.375. The molecule has 0 amide bonds. The number of hydrogen-bond acceptors (Lipinski definition) is 5. The smallest absolute Gasteiger partial charge is 0.185 e. The van der Waals surface area contributed by atoms with Crippen molar-refractivity contribution in [2.24, 2.45) is 0 Å². The van der Waals surface area contributed by atoms with Crippen LogP contribution in [0.2, 0.25) is 0 Å². The summed E-state index contributed by atoms with van der Waals surface area (Å²) in [5.41, 5.74) is 2.97. The maximum atomic E-state index is 9.56. The number of nitrogens with zero attached hydrogens (tertiary/aromatic N) is 4. The number of imidazole rings is 1. The molecule has 1 N–H and O–H groups in total. The Labute approximate surface area is 132 Å². The Morgan fingerprint density at radius 1 is 1.32 bits per heavy atom. The van der Waals surface area contributed by atoms with Crippen LogP contribution in [0.1, 0.15) is 24.4 Å². The van der Waals surface area contributed by atoms with Gasteiger partial charge in [0.1, 0.15) is 12.4 Å². The van der Waals surface area contributed by atoms with Gasteiger partial charge in [-0.1, -0.05) is 12.1 Å². The minimum Gasteiger partial charge on any atom is -0.388 e. The molecule has 114 valence electrons. The summed E-state index contributed by atoms with van der Waals surface area (Å²) in [5.74, 6) is 0.686. The first-order valence-electron chi connectivity index (χ1n) is 7.48. The molecular weight excluding hydrogens is 296 g/mol. The number of fused-ring (bicyclic) bond motifs is 1. The lowest BCUT2D eigenvalue weighted by Gasteiger charge is -2.13. The number of para-hydroxylation sites is 2. The molecule has 0 bridgehead atoms. The van der Waals surface area contributed by atoms with Crippen molar-refractivity contribution in [3.05, 3.63) is 41.2 Å². The Kier molecular flexibility index (Phi) is 3.35. The van der Waals surface area contributed by atoms with E-state index in [9.17, 15) is 5.11 Å². The molecule has 0 aliphatic heterocycles. The number of aromatic nitrogens is 3. The van der Waals surface area contributed by atoms with E-state index in [-0.39, 0.29) is 6.61 Å². The van der Waals surface area contributed by atoms with Crippen molar-refractivity contribution in [1.82, 2.24) is 14.5 Å². The Morgan fingerprint density at radius 3 is 2.91 bits per heavy atom. The summed E-state index contributed by atoms with van der Waals surface area (Å²) >= 11 is 1.69. The van der Waals surface area contributed by atoms with Gasteiger partial charge < -0.3 is 14.6 Å². The standard InChI is InChI=1S/C16H18N4OS/c1-19(12-6-7-12)16-17-11(10-22-16)8-20-14-5-3-2-4-13(14)18-15(20)9-21/h2-5,10,12,21H,6-9H2,1H3. The number of benzene rings is 1. The molecule has 0 unspecified atom stereocenters. The highest BCUT2D eigenvalue weighted by Gasteiger charge is 2.28. The van der Waals surface area contributed by atoms with Crippen LogP contribution in [0.5, 0.6) is 0 Å². The van der Waals surface area contributed by atoms with Crippen molar-refractivity contribution in [3.63, 3.8) is 0 Å². The molecule has 2 heterocycles. The zero-order chi connectivity index (χ0) is 15.1. The fourth-order valence-corrected chi connectivity index (χ4v) is 3.59. The van der Waals surface area contributed by atoms with Gasteiger partial charge >= 0.3 is 0 Å². The van der Waals surface area contributed by atoms with Crippen molar-refractivity contribution < 1.29 is 5.11 Å². The summed E-state index contributed by atoms with van der Waals surface area (Å²) in [6, 6.07) is 8.63. The van der Waals surface area contributed by atoms with E-state index in [1.54, 1.807) is 11.3 Å². The summed E-state index contributed by atoms with van der Waals surface area (Å²) in [7, 11) is 2.12. The van der Waals surface area contributed by atoms with Crippen LogP contribution >= 0.6 is 11.3 Å². The second-order valence-electron chi connectivity index (χ2n) is 5.72. The molecule has 1 aliphatic rings. The third kappa shape index (κ3) is 2.38. The van der Waals surface area contributed by atoms with Gasteiger partial charge in [-0.3, -0.25) is 0 Å². The average molecular weight is 314 g/mol. The molecule has 1 saturated carbocycles. The summed E-state index contributed by atoms with van der Waals surface area (Å²) in [4.78, 5) is 11.5. The van der Waals surface area contributed by atoms with E-state index in [4.69, 9.17) is 4.98 Å². The Bertz CT molecular complexity index is 805. The van der Waals surface area contributed by atoms with Gasteiger partial charge in [-0.15, -0.1) is 11.3 Å². The predicted octanol–water partition coefficient (Wildman–Crippen LogP) is 2.63. The largest absolute Gasteiger partial charge is 0.388 e. The quantitative estimate of drug-likeness (QED) is 0.786. The van der Waals surface area contributed by atoms with Gasteiger partial charge in [0.15, 0.2) is 5.13 Å². The van der Waals surface area contributed by atoms with E-state index >= 15 is 0 Å². The first kappa shape index (κ1) is 13.7. The van der Waals surface area contributed by atoms with Crippen molar-refractivity contribution >= 4 is 27.5 Å².